The monoisotopic (exact) mass is 419 g/mol. The van der Waals surface area contributed by atoms with Crippen LogP contribution >= 0.6 is 0 Å². The van der Waals surface area contributed by atoms with E-state index in [2.05, 4.69) is 20.7 Å². The molecule has 10 heteroatoms. The molecule has 2 aromatic carbocycles. The molecule has 9 nitrogen and oxygen atoms in total. The van der Waals surface area contributed by atoms with E-state index in [0.717, 1.165) is 0 Å². The number of anilines is 2. The third kappa shape index (κ3) is 3.39. The Bertz CT molecular complexity index is 1370. The van der Waals surface area contributed by atoms with Crippen LogP contribution in [0.25, 0.3) is 5.65 Å². The van der Waals surface area contributed by atoms with Gasteiger partial charge < -0.3 is 20.5 Å². The molecule has 0 radical (unpaired) electrons. The van der Waals surface area contributed by atoms with Gasteiger partial charge in [-0.3, -0.25) is 4.79 Å². The number of aromatic carboxylic acids is 1. The van der Waals surface area contributed by atoms with Gasteiger partial charge >= 0.3 is 5.97 Å². The molecule has 4 aromatic rings. The van der Waals surface area contributed by atoms with E-state index >= 15 is 0 Å². The number of fused-ring (bicyclic) bond motifs is 3. The summed E-state index contributed by atoms with van der Waals surface area (Å²) >= 11 is 0. The summed E-state index contributed by atoms with van der Waals surface area (Å²) in [6.07, 6.45) is 3.04. The maximum Gasteiger partial charge on any atom is 0.335 e. The van der Waals surface area contributed by atoms with E-state index in [9.17, 15) is 19.1 Å². The molecule has 1 amide bonds. The Hall–Kier alpha value is -4.47. The molecule has 3 heterocycles. The predicted molar refractivity (Wildman–Crippen MR) is 108 cm³/mol. The number of hydrogen-bond acceptors (Lipinski definition) is 6. The van der Waals surface area contributed by atoms with Gasteiger partial charge in [-0.05, 0) is 42.5 Å². The smallest absolute Gasteiger partial charge is 0.335 e. The van der Waals surface area contributed by atoms with Gasteiger partial charge in [-0.15, -0.1) is 0 Å². The maximum absolute atomic E-state index is 13.9. The van der Waals surface area contributed by atoms with Crippen molar-refractivity contribution in [1.29, 1.82) is 0 Å². The Balaban J connectivity index is 1.70. The highest BCUT2D eigenvalue weighted by molar-refractivity contribution is 6.09. The third-order valence-corrected chi connectivity index (χ3v) is 4.79. The van der Waals surface area contributed by atoms with Crippen LogP contribution in [0.4, 0.5) is 15.9 Å². The normalized spacial score (nSPS) is 13.0. The lowest BCUT2D eigenvalue weighted by molar-refractivity contribution is 0.0696. The number of carbonyl (C=O) groups excluding carboxylic acids is 1. The zero-order chi connectivity index (χ0) is 21.5. The number of hydrogen-bond donors (Lipinski definition) is 3. The number of nitrogens with zero attached hydrogens (tertiary/aromatic N) is 3. The van der Waals surface area contributed by atoms with Crippen molar-refractivity contribution in [1.82, 2.24) is 14.6 Å². The highest BCUT2D eigenvalue weighted by Gasteiger charge is 2.20. The number of carboxylic acids is 1. The van der Waals surface area contributed by atoms with E-state index < -0.39 is 17.7 Å². The first kappa shape index (κ1) is 18.6. The van der Waals surface area contributed by atoms with E-state index in [1.54, 1.807) is 12.3 Å². The molecule has 31 heavy (non-hydrogen) atoms. The van der Waals surface area contributed by atoms with Gasteiger partial charge in [-0.25, -0.2) is 18.7 Å². The molecule has 0 saturated carbocycles. The van der Waals surface area contributed by atoms with Crippen LogP contribution in [0.1, 0.15) is 26.3 Å². The van der Waals surface area contributed by atoms with Crippen molar-refractivity contribution in [2.45, 2.75) is 6.54 Å². The van der Waals surface area contributed by atoms with Crippen molar-refractivity contribution < 1.29 is 23.8 Å². The van der Waals surface area contributed by atoms with E-state index in [4.69, 9.17) is 4.74 Å². The number of carboxylic acid groups (broad SMARTS) is 1. The van der Waals surface area contributed by atoms with Gasteiger partial charge in [0.05, 0.1) is 17.4 Å². The van der Waals surface area contributed by atoms with Crippen LogP contribution < -0.4 is 15.4 Å². The van der Waals surface area contributed by atoms with Crippen LogP contribution in [0.5, 0.6) is 11.5 Å². The van der Waals surface area contributed by atoms with Crippen LogP contribution in [0.15, 0.2) is 54.9 Å². The molecule has 0 atom stereocenters. The number of carbonyl (C=O) groups is 2. The molecule has 0 aliphatic carbocycles. The van der Waals surface area contributed by atoms with Crippen molar-refractivity contribution in [3.63, 3.8) is 0 Å². The van der Waals surface area contributed by atoms with Gasteiger partial charge in [-0.1, -0.05) is 0 Å². The van der Waals surface area contributed by atoms with Crippen molar-refractivity contribution in [2.75, 3.05) is 10.6 Å². The number of ether oxygens (including phenoxy) is 1. The lowest BCUT2D eigenvalue weighted by Gasteiger charge is -2.15. The maximum atomic E-state index is 13.9. The first-order valence-electron chi connectivity index (χ1n) is 9.21. The molecular weight excluding hydrogens is 405 g/mol. The minimum atomic E-state index is -1.15. The summed E-state index contributed by atoms with van der Waals surface area (Å²) in [5.41, 5.74) is 1.24. The molecule has 1 aliphatic rings. The van der Waals surface area contributed by atoms with Gasteiger partial charge in [0.25, 0.3) is 5.91 Å². The minimum absolute atomic E-state index is 0.0275. The molecule has 5 rings (SSSR count). The van der Waals surface area contributed by atoms with Crippen molar-refractivity contribution in [3.05, 3.63) is 77.4 Å². The first-order valence-corrected chi connectivity index (χ1v) is 9.21. The summed E-state index contributed by atoms with van der Waals surface area (Å²) in [5, 5.41) is 19.3. The molecule has 1 aliphatic heterocycles. The third-order valence-electron chi connectivity index (χ3n) is 4.79. The van der Waals surface area contributed by atoms with E-state index in [-0.39, 0.29) is 29.1 Å². The molecule has 0 unspecified atom stereocenters. The van der Waals surface area contributed by atoms with Gasteiger partial charge in [-0.2, -0.15) is 5.10 Å². The largest absolute Gasteiger partial charge is 0.478 e. The van der Waals surface area contributed by atoms with E-state index in [1.165, 1.54) is 47.1 Å². The number of nitrogens with one attached hydrogen (secondary N) is 2. The second-order valence-corrected chi connectivity index (χ2v) is 6.82. The van der Waals surface area contributed by atoms with Crippen LogP contribution in [-0.4, -0.2) is 31.6 Å². The van der Waals surface area contributed by atoms with Gasteiger partial charge in [0.2, 0.25) is 0 Å². The molecule has 3 N–H and O–H groups in total. The SMILES string of the molecule is O=C(O)c1ccc2c(c1)Oc1ccc(F)cc1CNc1ccn3ncc(c3n1)C(=O)N2. The average molecular weight is 419 g/mol. The summed E-state index contributed by atoms with van der Waals surface area (Å²) in [6.45, 7) is 0.176. The topological polar surface area (TPSA) is 118 Å². The van der Waals surface area contributed by atoms with Crippen LogP contribution in [0, 0.1) is 5.82 Å². The zero-order valence-corrected chi connectivity index (χ0v) is 15.8. The molecule has 154 valence electrons. The Labute approximate surface area is 174 Å². The standard InChI is InChI=1S/C21H14FN5O4/c22-13-2-4-16-12(7-13)9-23-18-5-6-27-19(26-18)14(10-24-27)20(28)25-15-3-1-11(21(29)30)8-17(15)31-16/h1-8,10H,9H2,(H,23,26)(H,25,28)(H,29,30). The van der Waals surface area contributed by atoms with Crippen LogP contribution in [0.3, 0.4) is 0 Å². The first-order chi connectivity index (χ1) is 15.0. The fourth-order valence-electron chi connectivity index (χ4n) is 3.25. The number of rotatable bonds is 1. The van der Waals surface area contributed by atoms with Gasteiger partial charge in [0.15, 0.2) is 11.4 Å². The lowest BCUT2D eigenvalue weighted by Crippen LogP contribution is -2.13. The van der Waals surface area contributed by atoms with Crippen molar-refractivity contribution in [2.24, 2.45) is 0 Å². The van der Waals surface area contributed by atoms with E-state index in [1.807, 2.05) is 0 Å². The minimum Gasteiger partial charge on any atom is -0.478 e. The highest BCUT2D eigenvalue weighted by atomic mass is 19.1. The van der Waals surface area contributed by atoms with Crippen LogP contribution in [-0.2, 0) is 6.54 Å². The van der Waals surface area contributed by atoms with Gasteiger partial charge in [0.1, 0.15) is 22.9 Å². The number of halogens is 1. The highest BCUT2D eigenvalue weighted by Crippen LogP contribution is 2.34. The van der Waals surface area contributed by atoms with Gasteiger partial charge in [0, 0.05) is 18.3 Å². The molecule has 2 aromatic heterocycles. The molecule has 0 spiro atoms. The quantitative estimate of drug-likeness (QED) is 0.432. The number of aromatic nitrogens is 3. The molecule has 0 fully saturated rings. The Morgan fingerprint density at radius 1 is 1.16 bits per heavy atom. The summed E-state index contributed by atoms with van der Waals surface area (Å²) in [6, 6.07) is 9.74. The summed E-state index contributed by atoms with van der Waals surface area (Å²) < 4.78 is 21.3. The lowest BCUT2D eigenvalue weighted by atomic mass is 10.1. The average Bonchev–Trinajstić information content (AvgIpc) is 3.17. The Morgan fingerprint density at radius 2 is 2.03 bits per heavy atom. The van der Waals surface area contributed by atoms with Crippen molar-refractivity contribution in [3.8, 4) is 11.5 Å². The molecular formula is C21H14FN5O4. The van der Waals surface area contributed by atoms with E-state index in [0.29, 0.717) is 22.8 Å². The molecule has 0 saturated heterocycles. The summed E-state index contributed by atoms with van der Waals surface area (Å²) in [5.74, 6) is -1.24. The Morgan fingerprint density at radius 3 is 2.87 bits per heavy atom. The second kappa shape index (κ2) is 7.10. The zero-order valence-electron chi connectivity index (χ0n) is 15.8. The Kier molecular flexibility index (Phi) is 4.25. The second-order valence-electron chi connectivity index (χ2n) is 6.82. The fourth-order valence-corrected chi connectivity index (χ4v) is 3.25. The fraction of sp³-hybridized carbons (Fsp3) is 0.0476. The predicted octanol–water partition coefficient (Wildman–Crippen LogP) is 3.54. The van der Waals surface area contributed by atoms with Crippen LogP contribution in [0.2, 0.25) is 0 Å². The van der Waals surface area contributed by atoms with Crippen molar-refractivity contribution >= 4 is 29.0 Å². The number of amides is 1. The number of benzene rings is 2. The summed E-state index contributed by atoms with van der Waals surface area (Å²) in [7, 11) is 0. The molecule has 2 bridgehead atoms. The summed E-state index contributed by atoms with van der Waals surface area (Å²) in [4.78, 5) is 28.8.